The number of carbonyl (C=O) groups is 1. The summed E-state index contributed by atoms with van der Waals surface area (Å²) in [5, 5.41) is 2.29. The summed E-state index contributed by atoms with van der Waals surface area (Å²) in [5.74, 6) is 1.68. The Morgan fingerprint density at radius 2 is 1.88 bits per heavy atom. The van der Waals surface area contributed by atoms with Gasteiger partial charge in [0.25, 0.3) is 0 Å². The number of likely N-dealkylation sites (N-methyl/N-ethyl adjacent to an activating group) is 1. The van der Waals surface area contributed by atoms with Crippen LogP contribution >= 0.6 is 0 Å². The number of rotatable bonds is 9. The number of piperazine rings is 1. The van der Waals surface area contributed by atoms with E-state index >= 15 is 0 Å². The number of nitrogens with zero attached hydrogens (tertiary/aromatic N) is 6. The minimum Gasteiger partial charge on any atom is -0.467 e. The van der Waals surface area contributed by atoms with Crippen molar-refractivity contribution in [3.63, 3.8) is 0 Å². The van der Waals surface area contributed by atoms with Gasteiger partial charge in [0.2, 0.25) is 5.91 Å². The molecule has 222 valence electrons. The second kappa shape index (κ2) is 12.5. The lowest BCUT2D eigenvalue weighted by molar-refractivity contribution is -0.126. The van der Waals surface area contributed by atoms with Crippen LogP contribution in [0.2, 0.25) is 0 Å². The molecule has 0 spiro atoms. The first-order valence-electron chi connectivity index (χ1n) is 14.8. The van der Waals surface area contributed by atoms with Gasteiger partial charge in [-0.25, -0.2) is 0 Å². The van der Waals surface area contributed by atoms with Crippen LogP contribution in [0.1, 0.15) is 24.1 Å². The van der Waals surface area contributed by atoms with E-state index in [1.54, 1.807) is 7.11 Å². The highest BCUT2D eigenvalue weighted by atomic mass is 16.7. The molecule has 10 nitrogen and oxygen atoms in total. The van der Waals surface area contributed by atoms with Crippen molar-refractivity contribution in [1.82, 2.24) is 19.8 Å². The van der Waals surface area contributed by atoms with E-state index < -0.39 is 0 Å². The van der Waals surface area contributed by atoms with Crippen molar-refractivity contribution in [3.05, 3.63) is 60.3 Å². The SMILES string of the molecule is C=CC(=O)N1CCN(c2nc(OC[C@@H]3CCCN3C)nc3c2CCN(c2cc(OCOC)cc4ccccc24)C3)CC1. The zero-order chi connectivity index (χ0) is 29.1. The molecule has 2 aromatic carbocycles. The van der Waals surface area contributed by atoms with Gasteiger partial charge < -0.3 is 33.8 Å². The Hall–Kier alpha value is -3.89. The average Bonchev–Trinajstić information content (AvgIpc) is 3.45. The molecule has 3 aliphatic heterocycles. The second-order valence-electron chi connectivity index (χ2n) is 11.2. The summed E-state index contributed by atoms with van der Waals surface area (Å²) in [5.41, 5.74) is 3.26. The Morgan fingerprint density at radius 1 is 1.05 bits per heavy atom. The van der Waals surface area contributed by atoms with Crippen LogP contribution in [0, 0.1) is 0 Å². The number of carbonyl (C=O) groups excluding carboxylic acids is 1. The van der Waals surface area contributed by atoms with Gasteiger partial charge in [0, 0.05) is 68.6 Å². The van der Waals surface area contributed by atoms with Gasteiger partial charge in [-0.3, -0.25) is 4.79 Å². The van der Waals surface area contributed by atoms with E-state index in [1.165, 1.54) is 17.9 Å². The standard InChI is InChI=1S/C32H40N6O4/c1-4-30(39)36-14-16-37(17-15-36)31-27-11-13-38(20-28(27)33-32(34-31)41-21-24-9-7-12-35(24)2)29-19-25(42-22-40-3)18-23-8-5-6-10-26(23)29/h4-6,8,10,18-19,24H,1,7,9,11-17,20-22H2,2-3H3/t24-/m0/s1. The Kier molecular flexibility index (Phi) is 8.43. The molecule has 0 N–H and O–H groups in total. The molecule has 0 saturated carbocycles. The van der Waals surface area contributed by atoms with Gasteiger partial charge in [0.15, 0.2) is 6.79 Å². The quantitative estimate of drug-likeness (QED) is 0.283. The van der Waals surface area contributed by atoms with Crippen molar-refractivity contribution >= 4 is 28.2 Å². The minimum atomic E-state index is -0.0244. The molecular formula is C32H40N6O4. The molecule has 4 heterocycles. The maximum atomic E-state index is 12.2. The van der Waals surface area contributed by atoms with Gasteiger partial charge in [0.05, 0.1) is 12.2 Å². The fraction of sp³-hybridized carbons (Fsp3) is 0.469. The van der Waals surface area contributed by atoms with E-state index in [4.69, 9.17) is 24.2 Å². The van der Waals surface area contributed by atoms with E-state index in [0.29, 0.717) is 51.4 Å². The zero-order valence-electron chi connectivity index (χ0n) is 24.6. The van der Waals surface area contributed by atoms with Crippen LogP contribution in [0.3, 0.4) is 0 Å². The van der Waals surface area contributed by atoms with Crippen molar-refractivity contribution in [2.45, 2.75) is 31.8 Å². The van der Waals surface area contributed by atoms with E-state index in [-0.39, 0.29) is 12.7 Å². The van der Waals surface area contributed by atoms with Crippen LogP contribution < -0.4 is 19.3 Å². The Morgan fingerprint density at radius 3 is 2.64 bits per heavy atom. The lowest BCUT2D eigenvalue weighted by Crippen LogP contribution is -2.49. The molecule has 1 amide bonds. The highest BCUT2D eigenvalue weighted by molar-refractivity contribution is 5.96. The maximum absolute atomic E-state index is 12.2. The number of likely N-dealkylation sites (tertiary alicyclic amines) is 1. The summed E-state index contributed by atoms with van der Waals surface area (Å²) in [7, 11) is 3.78. The third kappa shape index (κ3) is 5.87. The summed E-state index contributed by atoms with van der Waals surface area (Å²) in [6, 6.07) is 13.3. The van der Waals surface area contributed by atoms with Crippen LogP contribution in [0.25, 0.3) is 10.8 Å². The molecule has 3 aromatic rings. The minimum absolute atomic E-state index is 0.0244. The fourth-order valence-electron chi connectivity index (χ4n) is 6.28. The number of hydrogen-bond donors (Lipinski definition) is 0. The molecule has 0 unspecified atom stereocenters. The number of hydrogen-bond acceptors (Lipinski definition) is 9. The van der Waals surface area contributed by atoms with Gasteiger partial charge in [-0.05, 0) is 50.4 Å². The predicted octanol–water partition coefficient (Wildman–Crippen LogP) is 3.48. The number of fused-ring (bicyclic) bond motifs is 2. The number of amides is 1. The van der Waals surface area contributed by atoms with Crippen molar-refractivity contribution < 1.29 is 19.0 Å². The average molecular weight is 573 g/mol. The summed E-state index contributed by atoms with van der Waals surface area (Å²) in [4.78, 5) is 31.0. The highest BCUT2D eigenvalue weighted by Gasteiger charge is 2.30. The molecular weight excluding hydrogens is 532 g/mol. The van der Waals surface area contributed by atoms with Crippen molar-refractivity contribution in [2.75, 3.05) is 76.6 Å². The van der Waals surface area contributed by atoms with E-state index in [0.717, 1.165) is 59.8 Å². The number of aromatic nitrogens is 2. The van der Waals surface area contributed by atoms with Crippen molar-refractivity contribution in [1.29, 1.82) is 0 Å². The molecule has 6 rings (SSSR count). The Balaban J connectivity index is 1.31. The molecule has 0 bridgehead atoms. The molecule has 0 aliphatic carbocycles. The maximum Gasteiger partial charge on any atom is 0.318 e. The molecule has 10 heteroatoms. The molecule has 2 fully saturated rings. The van der Waals surface area contributed by atoms with Crippen LogP contribution in [0.4, 0.5) is 11.5 Å². The number of ether oxygens (including phenoxy) is 3. The fourth-order valence-corrected chi connectivity index (χ4v) is 6.28. The van der Waals surface area contributed by atoms with Crippen LogP contribution in [0.15, 0.2) is 49.1 Å². The summed E-state index contributed by atoms with van der Waals surface area (Å²) in [6.45, 7) is 9.66. The second-order valence-corrected chi connectivity index (χ2v) is 11.2. The van der Waals surface area contributed by atoms with Gasteiger partial charge in [-0.1, -0.05) is 30.8 Å². The number of methoxy groups -OCH3 is 1. The molecule has 3 aliphatic rings. The van der Waals surface area contributed by atoms with Gasteiger partial charge in [-0.15, -0.1) is 0 Å². The van der Waals surface area contributed by atoms with E-state index in [1.807, 2.05) is 11.0 Å². The Bertz CT molecular complexity index is 1440. The topological polar surface area (TPSA) is 83.5 Å². The van der Waals surface area contributed by atoms with Crippen LogP contribution in [0.5, 0.6) is 11.8 Å². The van der Waals surface area contributed by atoms with E-state index in [2.05, 4.69) is 58.7 Å². The lowest BCUT2D eigenvalue weighted by atomic mass is 10.0. The monoisotopic (exact) mass is 572 g/mol. The zero-order valence-corrected chi connectivity index (χ0v) is 24.6. The normalized spacial score (nSPS) is 19.2. The Labute approximate surface area is 247 Å². The largest absolute Gasteiger partial charge is 0.467 e. The van der Waals surface area contributed by atoms with Gasteiger partial charge in [0.1, 0.15) is 18.2 Å². The van der Waals surface area contributed by atoms with Crippen LogP contribution in [-0.4, -0.2) is 98.5 Å². The number of anilines is 2. The van der Waals surface area contributed by atoms with Crippen molar-refractivity contribution in [3.8, 4) is 11.8 Å². The van der Waals surface area contributed by atoms with E-state index in [9.17, 15) is 4.79 Å². The lowest BCUT2D eigenvalue weighted by Gasteiger charge is -2.38. The predicted molar refractivity (Wildman–Crippen MR) is 163 cm³/mol. The molecule has 0 radical (unpaired) electrons. The molecule has 2 saturated heterocycles. The van der Waals surface area contributed by atoms with Crippen molar-refractivity contribution in [2.24, 2.45) is 0 Å². The third-order valence-corrected chi connectivity index (χ3v) is 8.66. The molecule has 1 aromatic heterocycles. The van der Waals surface area contributed by atoms with Gasteiger partial charge in [-0.2, -0.15) is 9.97 Å². The number of benzene rings is 2. The molecule has 1 atom stereocenters. The molecule has 42 heavy (non-hydrogen) atoms. The summed E-state index contributed by atoms with van der Waals surface area (Å²) >= 11 is 0. The van der Waals surface area contributed by atoms with Crippen LogP contribution in [-0.2, 0) is 22.5 Å². The summed E-state index contributed by atoms with van der Waals surface area (Å²) in [6.07, 6.45) is 4.50. The first-order valence-corrected chi connectivity index (χ1v) is 14.8. The first-order chi connectivity index (χ1) is 20.5. The van der Waals surface area contributed by atoms with Gasteiger partial charge >= 0.3 is 6.01 Å². The smallest absolute Gasteiger partial charge is 0.318 e. The first kappa shape index (κ1) is 28.2. The highest BCUT2D eigenvalue weighted by Crippen LogP contribution is 2.37. The summed E-state index contributed by atoms with van der Waals surface area (Å²) < 4.78 is 17.3. The third-order valence-electron chi connectivity index (χ3n) is 8.66.